The molecule has 214 valence electrons. The maximum atomic E-state index is 6.44. The minimum atomic E-state index is -0.466. The number of rotatable bonds is 11. The zero-order valence-electron chi connectivity index (χ0n) is 26.3. The summed E-state index contributed by atoms with van der Waals surface area (Å²) in [6.45, 7) is 25.2. The molecule has 0 bridgehead atoms. The van der Waals surface area contributed by atoms with Gasteiger partial charge >= 0.3 is 0 Å². The van der Waals surface area contributed by atoms with E-state index in [9.17, 15) is 0 Å². The van der Waals surface area contributed by atoms with Gasteiger partial charge in [-0.3, -0.25) is 0 Å². The van der Waals surface area contributed by atoms with Crippen molar-refractivity contribution in [3.05, 3.63) is 36.4 Å². The Kier molecular flexibility index (Phi) is 11.0. The Hall–Kier alpha value is -1.93. The molecule has 0 unspecified atom stereocenters. The molecule has 0 radical (unpaired) electrons. The van der Waals surface area contributed by atoms with Crippen molar-refractivity contribution in [2.45, 2.75) is 130 Å². The summed E-state index contributed by atoms with van der Waals surface area (Å²) in [5.41, 5.74) is -1.04. The summed E-state index contributed by atoms with van der Waals surface area (Å²) in [7, 11) is -0.931. The van der Waals surface area contributed by atoms with Crippen molar-refractivity contribution in [2.75, 3.05) is 0 Å². The molecule has 0 aliphatic rings. The Balaban J connectivity index is 2.03. The average molecular weight is 559 g/mol. The maximum Gasteiger partial charge on any atom is 0.161 e. The minimum absolute atomic E-state index is 0.258. The van der Waals surface area contributed by atoms with Crippen LogP contribution in [0.3, 0.4) is 0 Å². The lowest BCUT2D eigenvalue weighted by Gasteiger charge is -2.29. The van der Waals surface area contributed by atoms with E-state index in [4.69, 9.17) is 18.9 Å². The summed E-state index contributed by atoms with van der Waals surface area (Å²) in [5.74, 6) is 3.65. The van der Waals surface area contributed by atoms with E-state index in [0.29, 0.717) is 0 Å². The van der Waals surface area contributed by atoms with Crippen LogP contribution >= 0.6 is 0 Å². The predicted molar refractivity (Wildman–Crippen MR) is 170 cm³/mol. The highest BCUT2D eigenvalue weighted by atomic mass is 28.2. The molecule has 6 heteroatoms. The van der Waals surface area contributed by atoms with Gasteiger partial charge in [0, 0.05) is 0 Å². The largest absolute Gasteiger partial charge is 0.484 e. The Morgan fingerprint density at radius 2 is 0.789 bits per heavy atom. The van der Waals surface area contributed by atoms with E-state index >= 15 is 0 Å². The van der Waals surface area contributed by atoms with Crippen LogP contribution in [0.4, 0.5) is 0 Å². The quantitative estimate of drug-likeness (QED) is 0.240. The molecule has 38 heavy (non-hydrogen) atoms. The van der Waals surface area contributed by atoms with E-state index in [1.807, 2.05) is 12.1 Å². The summed E-state index contributed by atoms with van der Waals surface area (Å²) in [6, 6.07) is 15.4. The lowest BCUT2D eigenvalue weighted by Crippen LogP contribution is -2.31. The summed E-state index contributed by atoms with van der Waals surface area (Å²) in [5, 5.41) is 2.73. The Labute approximate surface area is 237 Å². The van der Waals surface area contributed by atoms with E-state index in [0.717, 1.165) is 23.0 Å². The minimum Gasteiger partial charge on any atom is -0.484 e. The predicted octanol–water partition coefficient (Wildman–Crippen LogP) is 6.30. The molecular weight excluding hydrogens is 505 g/mol. The molecule has 0 saturated carbocycles. The molecule has 0 spiro atoms. The Morgan fingerprint density at radius 3 is 1.08 bits per heavy atom. The van der Waals surface area contributed by atoms with Crippen molar-refractivity contribution in [2.24, 2.45) is 0 Å². The molecule has 0 amide bonds. The molecule has 0 aromatic heterocycles. The van der Waals surface area contributed by atoms with Gasteiger partial charge in [-0.1, -0.05) is 49.2 Å². The van der Waals surface area contributed by atoms with Crippen LogP contribution in [0, 0.1) is 0 Å². The number of unbranched alkanes of at least 4 members (excludes halogenated alkanes) is 1. The van der Waals surface area contributed by atoms with Gasteiger partial charge in [-0.2, -0.15) is 0 Å². The van der Waals surface area contributed by atoms with Gasteiger partial charge in [0.1, 0.15) is 22.4 Å². The summed E-state index contributed by atoms with van der Waals surface area (Å²) in [4.78, 5) is 0. The monoisotopic (exact) mass is 558 g/mol. The number of ether oxygens (including phenoxy) is 4. The highest BCUT2D eigenvalue weighted by Crippen LogP contribution is 2.32. The number of para-hydroxylation sites is 2. The van der Waals surface area contributed by atoms with Crippen molar-refractivity contribution < 1.29 is 18.9 Å². The third-order valence-electron chi connectivity index (χ3n) is 5.41. The molecule has 0 N–H and O–H groups in total. The maximum absolute atomic E-state index is 6.44. The molecule has 2 rings (SSSR count). The van der Waals surface area contributed by atoms with Gasteiger partial charge in [0.15, 0.2) is 23.0 Å². The van der Waals surface area contributed by atoms with Crippen molar-refractivity contribution in [1.29, 1.82) is 0 Å². The molecule has 2 aromatic rings. The first-order valence-corrected chi connectivity index (χ1v) is 17.7. The van der Waals surface area contributed by atoms with Crippen LogP contribution in [0.5, 0.6) is 23.0 Å². The van der Waals surface area contributed by atoms with Crippen LogP contribution in [0.15, 0.2) is 36.4 Å². The van der Waals surface area contributed by atoms with Gasteiger partial charge < -0.3 is 18.9 Å². The standard InChI is InChI=1S/C32H54O4Si2/c1-29(2,3)33-23-17-15-19-25(27(23)35-31(7,8)9)37-21-13-14-22-38-26-20-16-18-24(34-30(4,5)6)28(26)36-32(10,11)12/h15-20H,13-14,21-22,37-38H2,1-12H3. The normalized spacial score (nSPS) is 13.5. The van der Waals surface area contributed by atoms with Gasteiger partial charge in [-0.25, -0.2) is 0 Å². The fraction of sp³-hybridized carbons (Fsp3) is 0.625. The number of hydrogen-bond donors (Lipinski definition) is 0. The fourth-order valence-corrected chi connectivity index (χ4v) is 7.69. The van der Waals surface area contributed by atoms with E-state index < -0.39 is 19.0 Å². The van der Waals surface area contributed by atoms with Crippen LogP contribution in [0.1, 0.15) is 95.9 Å². The van der Waals surface area contributed by atoms with Crippen LogP contribution in [-0.2, 0) is 0 Å². The van der Waals surface area contributed by atoms with E-state index in [1.165, 1.54) is 35.3 Å². The van der Waals surface area contributed by atoms with Gasteiger partial charge in [0.25, 0.3) is 0 Å². The SMILES string of the molecule is CC(C)(C)Oc1cccc([SiH2]CCCC[SiH2]c2cccc(OC(C)(C)C)c2OC(C)(C)C)c1OC(C)(C)C. The van der Waals surface area contributed by atoms with Crippen molar-refractivity contribution in [3.8, 4) is 23.0 Å². The molecule has 2 aromatic carbocycles. The second kappa shape index (κ2) is 13.0. The van der Waals surface area contributed by atoms with Crippen molar-refractivity contribution >= 4 is 29.4 Å². The number of hydrogen-bond acceptors (Lipinski definition) is 4. The van der Waals surface area contributed by atoms with Crippen LogP contribution in [-0.4, -0.2) is 41.4 Å². The average Bonchev–Trinajstić information content (AvgIpc) is 2.70. The second-order valence-electron chi connectivity index (χ2n) is 14.3. The zero-order chi connectivity index (χ0) is 28.8. The Bertz CT molecular complexity index is 938. The molecular formula is C32H54O4Si2. The highest BCUT2D eigenvalue weighted by Gasteiger charge is 2.23. The summed E-state index contributed by atoms with van der Waals surface area (Å²) >= 11 is 0. The van der Waals surface area contributed by atoms with E-state index in [1.54, 1.807) is 0 Å². The first kappa shape index (κ1) is 32.3. The van der Waals surface area contributed by atoms with E-state index in [2.05, 4.69) is 107 Å². The zero-order valence-corrected chi connectivity index (χ0v) is 29.2. The summed E-state index contributed by atoms with van der Waals surface area (Å²) < 4.78 is 25.4. The third kappa shape index (κ3) is 12.3. The molecule has 0 fully saturated rings. The van der Waals surface area contributed by atoms with E-state index in [-0.39, 0.29) is 22.4 Å². The topological polar surface area (TPSA) is 36.9 Å². The van der Waals surface area contributed by atoms with Crippen molar-refractivity contribution in [3.63, 3.8) is 0 Å². The number of benzene rings is 2. The van der Waals surface area contributed by atoms with Gasteiger partial charge in [0.05, 0.1) is 19.0 Å². The van der Waals surface area contributed by atoms with Gasteiger partial charge in [-0.15, -0.1) is 0 Å². The molecule has 4 nitrogen and oxygen atoms in total. The highest BCUT2D eigenvalue weighted by molar-refractivity contribution is 6.55. The first-order chi connectivity index (χ1) is 17.3. The van der Waals surface area contributed by atoms with Crippen molar-refractivity contribution in [1.82, 2.24) is 0 Å². The third-order valence-corrected chi connectivity index (χ3v) is 9.31. The lowest BCUT2D eigenvalue weighted by molar-refractivity contribution is 0.0969. The molecule has 0 heterocycles. The molecule has 0 aliphatic heterocycles. The lowest BCUT2D eigenvalue weighted by atomic mass is 10.1. The van der Waals surface area contributed by atoms with Gasteiger partial charge in [-0.05, 0) is 106 Å². The molecule has 0 atom stereocenters. The Morgan fingerprint density at radius 1 is 0.474 bits per heavy atom. The molecule has 0 aliphatic carbocycles. The summed E-state index contributed by atoms with van der Waals surface area (Å²) in [6.07, 6.45) is 2.51. The van der Waals surface area contributed by atoms with Crippen LogP contribution in [0.25, 0.3) is 0 Å². The van der Waals surface area contributed by atoms with Crippen LogP contribution < -0.4 is 29.3 Å². The first-order valence-electron chi connectivity index (χ1n) is 14.3. The second-order valence-corrected chi connectivity index (χ2v) is 18.2. The van der Waals surface area contributed by atoms with Gasteiger partial charge in [0.2, 0.25) is 0 Å². The smallest absolute Gasteiger partial charge is 0.161 e. The fourth-order valence-electron chi connectivity index (χ4n) is 4.17. The molecule has 0 saturated heterocycles. The van der Waals surface area contributed by atoms with Crippen LogP contribution in [0.2, 0.25) is 12.1 Å².